The van der Waals surface area contributed by atoms with Crippen LogP contribution >= 0.6 is 15.6 Å². The molecule has 1 aromatic rings. The molecule has 19 nitrogen and oxygen atoms in total. The van der Waals surface area contributed by atoms with Gasteiger partial charge in [-0.25, -0.2) is 13.9 Å². The van der Waals surface area contributed by atoms with E-state index in [1.165, 1.54) is 12.1 Å². The lowest BCUT2D eigenvalue weighted by Crippen LogP contribution is -2.36. The SMILES string of the molecule is CC/C=C\C/C=C\C/C=C\C/C=C\C/C=C\C=C/C(O)CCC(=O)OC[C@H](COP(=O)(O)OP(=O)(O)OC[C@H]1O[C@@H](n2ccc(N)nc2=O)[C@H](O)[C@@H]1O)OC(=O)CCCCC/C=C\C/C=C\C/C=C\C/C=C\C/C=C\CC. The van der Waals surface area contributed by atoms with Crippen LogP contribution in [0.15, 0.2) is 151 Å². The average molecular weight is 1120 g/mol. The number of hydrogen-bond acceptors (Lipinski definition) is 16. The zero-order chi connectivity index (χ0) is 56.4. The van der Waals surface area contributed by atoms with Crippen molar-refractivity contribution in [3.63, 3.8) is 0 Å². The van der Waals surface area contributed by atoms with E-state index in [1.807, 2.05) is 12.2 Å². The molecule has 428 valence electrons. The van der Waals surface area contributed by atoms with Gasteiger partial charge in [-0.1, -0.05) is 154 Å². The quantitative estimate of drug-likeness (QED) is 0.0117. The summed E-state index contributed by atoms with van der Waals surface area (Å²) in [7, 11) is -11.0. The van der Waals surface area contributed by atoms with Gasteiger partial charge in [0.2, 0.25) is 0 Å². The molecular weight excluding hydrogens is 1030 g/mol. The molecule has 0 amide bonds. The minimum atomic E-state index is -5.50. The van der Waals surface area contributed by atoms with Gasteiger partial charge in [-0.3, -0.25) is 23.2 Å². The number of hydrogen-bond donors (Lipinski definition) is 6. The number of allylic oxidation sites excluding steroid dienone is 21. The Kier molecular flexibility index (Phi) is 37.0. The number of aliphatic hydroxyl groups is 3. The van der Waals surface area contributed by atoms with Gasteiger partial charge in [0.15, 0.2) is 12.3 Å². The number of nitrogens with two attached hydrogens (primary N) is 1. The van der Waals surface area contributed by atoms with Crippen molar-refractivity contribution < 1.29 is 71.4 Å². The van der Waals surface area contributed by atoms with Gasteiger partial charge in [-0.15, -0.1) is 0 Å². The molecule has 2 rings (SSSR count). The van der Waals surface area contributed by atoms with Crippen LogP contribution < -0.4 is 11.4 Å². The van der Waals surface area contributed by atoms with Crippen molar-refractivity contribution in [1.29, 1.82) is 0 Å². The van der Waals surface area contributed by atoms with E-state index >= 15 is 0 Å². The monoisotopic (exact) mass is 1120 g/mol. The van der Waals surface area contributed by atoms with Crippen molar-refractivity contribution in [2.45, 2.75) is 160 Å². The number of phosphoric acid groups is 2. The fraction of sp³-hybridized carbons (Fsp3) is 0.500. The van der Waals surface area contributed by atoms with Crippen molar-refractivity contribution >= 4 is 33.4 Å². The summed E-state index contributed by atoms with van der Waals surface area (Å²) in [6, 6.07) is 1.23. The van der Waals surface area contributed by atoms with E-state index in [0.29, 0.717) is 19.3 Å². The summed E-state index contributed by atoms with van der Waals surface area (Å²) in [5, 5.41) is 31.3. The van der Waals surface area contributed by atoms with Crippen LogP contribution in [0.3, 0.4) is 0 Å². The van der Waals surface area contributed by atoms with E-state index < -0.39 is 89.8 Å². The summed E-state index contributed by atoms with van der Waals surface area (Å²) < 4.78 is 56.6. The molecule has 0 bridgehead atoms. The van der Waals surface area contributed by atoms with Crippen molar-refractivity contribution in [3.05, 3.63) is 156 Å². The highest BCUT2D eigenvalue weighted by Gasteiger charge is 2.46. The smallest absolute Gasteiger partial charge is 0.462 e. The number of rotatable bonds is 41. The van der Waals surface area contributed by atoms with Crippen LogP contribution in [0.4, 0.5) is 5.82 Å². The topological polar surface area (TPSA) is 286 Å². The van der Waals surface area contributed by atoms with Gasteiger partial charge in [-0.05, 0) is 96.0 Å². The van der Waals surface area contributed by atoms with Crippen molar-refractivity contribution in [2.24, 2.45) is 0 Å². The predicted molar refractivity (Wildman–Crippen MR) is 299 cm³/mol. The lowest BCUT2D eigenvalue weighted by Gasteiger charge is -2.21. The summed E-state index contributed by atoms with van der Waals surface area (Å²) in [5.41, 5.74) is 4.57. The number of unbranched alkanes of at least 4 members (excludes halogenated alkanes) is 3. The lowest BCUT2D eigenvalue weighted by molar-refractivity contribution is -0.161. The third kappa shape index (κ3) is 34.4. The van der Waals surface area contributed by atoms with E-state index in [1.54, 1.807) is 12.2 Å². The third-order valence-electron chi connectivity index (χ3n) is 10.8. The molecule has 0 saturated carbocycles. The standard InChI is InChI=1S/C56H83N3O16P2/c1-3-5-7-9-11-13-15-17-19-21-22-23-25-27-29-31-33-35-37-39-52(62)73-48(44-70-51(61)41-40-47(60)38-36-34-32-30-28-26-24-20-18-16-14-12-10-8-6-4-2)45-71-76(66,67)75-77(68,69)72-46-49-53(63)54(64)55(74-49)59-43-42-50(57)58-56(59)65/h5-8,11-14,17-20,22-23,26-29,32,34,36,38,42-43,47-49,53-55,60,63-64H,3-4,9-10,15-16,21,24-25,30-31,33,35,37,39-41,44-46H2,1-2H3,(H,66,67)(H,68,69)(H2,57,58,65)/b7-5-,8-6-,13-11-,14-12-,19-17-,20-18-,23-22-,28-26-,29-27-,34-32-,38-36-/t47?,48-,49-,53-,54-,55-/m1/s1. The molecule has 1 aliphatic heterocycles. The number of carbonyl (C=O) groups excluding carboxylic acids is 2. The van der Waals surface area contributed by atoms with Gasteiger partial charge < -0.3 is 45.1 Å². The summed E-state index contributed by atoms with van der Waals surface area (Å²) in [6.45, 7) is 1.64. The molecule has 3 unspecified atom stereocenters. The second-order valence-corrected chi connectivity index (χ2v) is 20.5. The maximum absolute atomic E-state index is 12.9. The Morgan fingerprint density at radius 3 is 1.75 bits per heavy atom. The van der Waals surface area contributed by atoms with Gasteiger partial charge >= 0.3 is 33.3 Å². The van der Waals surface area contributed by atoms with Crippen molar-refractivity contribution in [1.82, 2.24) is 9.55 Å². The highest BCUT2D eigenvalue weighted by Crippen LogP contribution is 2.60. The molecule has 8 atom stereocenters. The largest absolute Gasteiger partial charge is 0.481 e. The first-order valence-electron chi connectivity index (χ1n) is 26.3. The molecule has 7 N–H and O–H groups in total. The number of nitrogens with zero attached hydrogens (tertiary/aromatic N) is 2. The van der Waals surface area contributed by atoms with Gasteiger partial charge in [0.05, 0.1) is 19.3 Å². The minimum Gasteiger partial charge on any atom is -0.462 e. The molecule has 1 aliphatic rings. The minimum absolute atomic E-state index is 0.00820. The van der Waals surface area contributed by atoms with Gasteiger partial charge in [0, 0.05) is 19.0 Å². The fourth-order valence-electron chi connectivity index (χ4n) is 6.80. The zero-order valence-electron chi connectivity index (χ0n) is 44.6. The predicted octanol–water partition coefficient (Wildman–Crippen LogP) is 10.3. The number of aromatic nitrogens is 2. The van der Waals surface area contributed by atoms with Crippen LogP contribution in [0.25, 0.3) is 0 Å². The normalized spacial score (nSPS) is 20.1. The highest BCUT2D eigenvalue weighted by molar-refractivity contribution is 7.61. The lowest BCUT2D eigenvalue weighted by atomic mass is 10.1. The number of phosphoric ester groups is 2. The fourth-order valence-corrected chi connectivity index (χ4v) is 8.91. The third-order valence-corrected chi connectivity index (χ3v) is 13.4. The molecule has 1 saturated heterocycles. The van der Waals surface area contributed by atoms with E-state index in [2.05, 4.69) is 126 Å². The van der Waals surface area contributed by atoms with E-state index in [-0.39, 0.29) is 25.1 Å². The maximum atomic E-state index is 12.9. The molecular formula is C56H83N3O16P2. The van der Waals surface area contributed by atoms with Crippen LogP contribution in [-0.2, 0) is 46.3 Å². The Balaban J connectivity index is 1.87. The Labute approximate surface area is 454 Å². The number of nitrogen functional groups attached to an aromatic ring is 1. The summed E-state index contributed by atoms with van der Waals surface area (Å²) in [4.78, 5) is 62.0. The molecule has 77 heavy (non-hydrogen) atoms. The van der Waals surface area contributed by atoms with Crippen molar-refractivity contribution in [2.75, 3.05) is 25.6 Å². The molecule has 0 aromatic carbocycles. The highest BCUT2D eigenvalue weighted by atomic mass is 31.3. The van der Waals surface area contributed by atoms with Crippen LogP contribution in [0.5, 0.6) is 0 Å². The molecule has 2 heterocycles. The average Bonchev–Trinajstić information content (AvgIpc) is 3.67. The van der Waals surface area contributed by atoms with Crippen LogP contribution in [-0.4, -0.2) is 96.9 Å². The molecule has 1 aromatic heterocycles. The first kappa shape index (κ1) is 68.0. The van der Waals surface area contributed by atoms with Crippen molar-refractivity contribution in [3.8, 4) is 0 Å². The first-order chi connectivity index (χ1) is 37.1. The Morgan fingerprint density at radius 2 is 1.21 bits per heavy atom. The van der Waals surface area contributed by atoms with Crippen LogP contribution in [0.2, 0.25) is 0 Å². The Hall–Kier alpha value is -5.14. The molecule has 0 aliphatic carbocycles. The van der Waals surface area contributed by atoms with Crippen LogP contribution in [0.1, 0.15) is 129 Å². The first-order valence-corrected chi connectivity index (χ1v) is 29.3. The molecule has 21 heteroatoms. The molecule has 0 spiro atoms. The number of anilines is 1. The Bertz CT molecular complexity index is 2340. The number of carbonyl (C=O) groups is 2. The van der Waals surface area contributed by atoms with Gasteiger partial charge in [0.25, 0.3) is 0 Å². The van der Waals surface area contributed by atoms with Crippen LogP contribution in [0, 0.1) is 0 Å². The molecule has 1 fully saturated rings. The van der Waals surface area contributed by atoms with E-state index in [9.17, 15) is 48.6 Å². The maximum Gasteiger partial charge on any atom is 0.481 e. The second-order valence-electron chi connectivity index (χ2n) is 17.5. The second kappa shape index (κ2) is 41.9. The number of esters is 2. The van der Waals surface area contributed by atoms with Gasteiger partial charge in [-0.2, -0.15) is 9.29 Å². The summed E-state index contributed by atoms with van der Waals surface area (Å²) in [5.74, 6) is -1.65. The summed E-state index contributed by atoms with van der Waals surface area (Å²) >= 11 is 0. The van der Waals surface area contributed by atoms with E-state index in [4.69, 9.17) is 29.0 Å². The zero-order valence-corrected chi connectivity index (χ0v) is 46.3. The number of ether oxygens (including phenoxy) is 3. The molecule has 0 radical (unpaired) electrons. The van der Waals surface area contributed by atoms with E-state index in [0.717, 1.165) is 81.4 Å². The summed E-state index contributed by atoms with van der Waals surface area (Å²) in [6.07, 6.45) is 48.5. The Morgan fingerprint density at radius 1 is 0.688 bits per heavy atom. The van der Waals surface area contributed by atoms with Gasteiger partial charge in [0.1, 0.15) is 30.7 Å². The number of aliphatic hydroxyl groups excluding tert-OH is 3.